The Morgan fingerprint density at radius 1 is 1.40 bits per heavy atom. The van der Waals surface area contributed by atoms with Gasteiger partial charge in [0.15, 0.2) is 9.84 Å². The number of aromatic nitrogens is 2. The van der Waals surface area contributed by atoms with Crippen LogP contribution in [-0.4, -0.2) is 18.0 Å². The summed E-state index contributed by atoms with van der Waals surface area (Å²) in [5.74, 6) is -1.18. The van der Waals surface area contributed by atoms with Crippen molar-refractivity contribution in [2.24, 2.45) is 0 Å². The monoisotopic (exact) mass is 316 g/mol. The first-order valence-electron chi connectivity index (χ1n) is 6.00. The van der Waals surface area contributed by atoms with Gasteiger partial charge in [-0.1, -0.05) is 17.7 Å². The van der Waals surface area contributed by atoms with Crippen LogP contribution in [0.2, 0.25) is 5.02 Å². The minimum atomic E-state index is -3.87. The molecule has 0 spiro atoms. The van der Waals surface area contributed by atoms with E-state index in [1.807, 2.05) is 13.8 Å². The molecule has 2 rings (SSSR count). The standard InChI is InChI=1S/C13H14ClFN2O2S/c1-9(2)17-8-16-6-10(17)7-20(18,19)13-11(14)4-3-5-12(13)15/h3-6,8-9H,7H2,1-2H3. The molecule has 4 nitrogen and oxygen atoms in total. The summed E-state index contributed by atoms with van der Waals surface area (Å²) in [5, 5.41) is -0.111. The summed E-state index contributed by atoms with van der Waals surface area (Å²) in [6.45, 7) is 3.82. The zero-order valence-electron chi connectivity index (χ0n) is 11.0. The molecule has 0 unspecified atom stereocenters. The van der Waals surface area contributed by atoms with Gasteiger partial charge in [-0.3, -0.25) is 0 Å². The Hall–Kier alpha value is -1.40. The summed E-state index contributed by atoms with van der Waals surface area (Å²) in [6.07, 6.45) is 3.02. The number of imidazole rings is 1. The second kappa shape index (κ2) is 5.54. The first kappa shape index (κ1) is 15.0. The van der Waals surface area contributed by atoms with Gasteiger partial charge in [0.05, 0.1) is 22.8 Å². The van der Waals surface area contributed by atoms with E-state index < -0.39 is 20.5 Å². The molecule has 20 heavy (non-hydrogen) atoms. The predicted octanol–water partition coefficient (Wildman–Crippen LogP) is 3.23. The van der Waals surface area contributed by atoms with Crippen LogP contribution in [-0.2, 0) is 15.6 Å². The van der Waals surface area contributed by atoms with E-state index in [9.17, 15) is 12.8 Å². The van der Waals surface area contributed by atoms with E-state index in [2.05, 4.69) is 4.98 Å². The van der Waals surface area contributed by atoms with Crippen molar-refractivity contribution in [1.82, 2.24) is 9.55 Å². The topological polar surface area (TPSA) is 52.0 Å². The molecule has 0 bridgehead atoms. The number of sulfone groups is 1. The molecule has 0 N–H and O–H groups in total. The van der Waals surface area contributed by atoms with Gasteiger partial charge in [-0.05, 0) is 26.0 Å². The molecule has 2 aromatic rings. The second-order valence-electron chi connectivity index (χ2n) is 4.70. The normalized spacial score (nSPS) is 12.1. The second-order valence-corrected chi connectivity index (χ2v) is 7.03. The molecule has 0 aliphatic rings. The van der Waals surface area contributed by atoms with Crippen LogP contribution in [0.25, 0.3) is 0 Å². The van der Waals surface area contributed by atoms with E-state index in [0.29, 0.717) is 5.69 Å². The third-order valence-electron chi connectivity index (χ3n) is 2.87. The Labute approximate surface area is 122 Å². The predicted molar refractivity (Wildman–Crippen MR) is 74.9 cm³/mol. The molecule has 0 fully saturated rings. The fraction of sp³-hybridized carbons (Fsp3) is 0.308. The third kappa shape index (κ3) is 2.86. The summed E-state index contributed by atoms with van der Waals surface area (Å²) in [4.78, 5) is 3.48. The van der Waals surface area contributed by atoms with Crippen LogP contribution in [0.5, 0.6) is 0 Å². The maximum absolute atomic E-state index is 13.7. The third-order valence-corrected chi connectivity index (χ3v) is 5.01. The summed E-state index contributed by atoms with van der Waals surface area (Å²) < 4.78 is 40.2. The summed E-state index contributed by atoms with van der Waals surface area (Å²) in [5.41, 5.74) is 0.499. The van der Waals surface area contributed by atoms with Gasteiger partial charge >= 0.3 is 0 Å². The first-order valence-corrected chi connectivity index (χ1v) is 8.03. The average Bonchev–Trinajstić information content (AvgIpc) is 2.75. The number of hydrogen-bond acceptors (Lipinski definition) is 3. The number of nitrogens with zero attached hydrogens (tertiary/aromatic N) is 2. The molecule has 1 heterocycles. The van der Waals surface area contributed by atoms with Gasteiger partial charge in [0.25, 0.3) is 0 Å². The zero-order valence-corrected chi connectivity index (χ0v) is 12.6. The van der Waals surface area contributed by atoms with Crippen molar-refractivity contribution in [3.63, 3.8) is 0 Å². The fourth-order valence-corrected chi connectivity index (χ4v) is 3.96. The molecule has 0 radical (unpaired) electrons. The van der Waals surface area contributed by atoms with E-state index in [1.165, 1.54) is 18.3 Å². The highest BCUT2D eigenvalue weighted by molar-refractivity contribution is 7.90. The van der Waals surface area contributed by atoms with Crippen molar-refractivity contribution in [2.75, 3.05) is 0 Å². The lowest BCUT2D eigenvalue weighted by Crippen LogP contribution is -2.12. The summed E-state index contributed by atoms with van der Waals surface area (Å²) >= 11 is 5.81. The van der Waals surface area contributed by atoms with Gasteiger partial charge in [0.2, 0.25) is 0 Å². The molecular formula is C13H14ClFN2O2S. The van der Waals surface area contributed by atoms with Crippen LogP contribution < -0.4 is 0 Å². The van der Waals surface area contributed by atoms with Crippen LogP contribution in [0.1, 0.15) is 25.6 Å². The van der Waals surface area contributed by atoms with Crippen molar-refractivity contribution < 1.29 is 12.8 Å². The molecular weight excluding hydrogens is 303 g/mol. The van der Waals surface area contributed by atoms with Crippen LogP contribution in [0.3, 0.4) is 0 Å². The maximum atomic E-state index is 13.7. The largest absolute Gasteiger partial charge is 0.331 e. The van der Waals surface area contributed by atoms with Crippen LogP contribution in [0.15, 0.2) is 35.6 Å². The quantitative estimate of drug-likeness (QED) is 0.870. The lowest BCUT2D eigenvalue weighted by Gasteiger charge is -2.12. The minimum absolute atomic E-state index is 0.0683. The molecule has 1 aromatic heterocycles. The highest BCUT2D eigenvalue weighted by atomic mass is 35.5. The average molecular weight is 317 g/mol. The molecule has 7 heteroatoms. The van der Waals surface area contributed by atoms with Gasteiger partial charge < -0.3 is 4.57 Å². The SMILES string of the molecule is CC(C)n1cncc1CS(=O)(=O)c1c(F)cccc1Cl. The van der Waals surface area contributed by atoms with Crippen molar-refractivity contribution in [3.8, 4) is 0 Å². The van der Waals surface area contributed by atoms with E-state index in [1.54, 1.807) is 10.9 Å². The van der Waals surface area contributed by atoms with E-state index in [0.717, 1.165) is 6.07 Å². The van der Waals surface area contributed by atoms with Gasteiger partial charge in [-0.25, -0.2) is 17.8 Å². The van der Waals surface area contributed by atoms with Crippen molar-refractivity contribution in [2.45, 2.75) is 30.5 Å². The molecule has 0 amide bonds. The number of halogens is 2. The summed E-state index contributed by atoms with van der Waals surface area (Å²) in [7, 11) is -3.87. The Bertz CT molecular complexity index is 705. The molecule has 0 aliphatic carbocycles. The Balaban J connectivity index is 2.44. The highest BCUT2D eigenvalue weighted by Gasteiger charge is 2.24. The van der Waals surface area contributed by atoms with Gasteiger partial charge in [-0.2, -0.15) is 0 Å². The Morgan fingerprint density at radius 3 is 2.70 bits per heavy atom. The van der Waals surface area contributed by atoms with Gasteiger partial charge in [0.1, 0.15) is 10.7 Å². The summed E-state index contributed by atoms with van der Waals surface area (Å²) in [6, 6.07) is 3.88. The molecule has 1 aromatic carbocycles. The Morgan fingerprint density at radius 2 is 2.10 bits per heavy atom. The van der Waals surface area contributed by atoms with Crippen molar-refractivity contribution >= 4 is 21.4 Å². The number of benzene rings is 1. The molecule has 0 atom stereocenters. The maximum Gasteiger partial charge on any atom is 0.188 e. The van der Waals surface area contributed by atoms with E-state index >= 15 is 0 Å². The first-order chi connectivity index (χ1) is 9.33. The van der Waals surface area contributed by atoms with Gasteiger partial charge in [0, 0.05) is 12.2 Å². The van der Waals surface area contributed by atoms with Crippen molar-refractivity contribution in [3.05, 3.63) is 47.3 Å². The van der Waals surface area contributed by atoms with E-state index in [4.69, 9.17) is 11.6 Å². The number of rotatable bonds is 4. The lowest BCUT2D eigenvalue weighted by molar-refractivity contribution is 0.557. The number of hydrogen-bond donors (Lipinski definition) is 0. The molecule has 0 aliphatic heterocycles. The molecule has 108 valence electrons. The van der Waals surface area contributed by atoms with Gasteiger partial charge in [-0.15, -0.1) is 0 Å². The van der Waals surface area contributed by atoms with Crippen LogP contribution >= 0.6 is 11.6 Å². The zero-order chi connectivity index (χ0) is 14.9. The lowest BCUT2D eigenvalue weighted by atomic mass is 10.3. The molecule has 0 saturated heterocycles. The minimum Gasteiger partial charge on any atom is -0.331 e. The Kier molecular flexibility index (Phi) is 4.15. The molecule has 0 saturated carbocycles. The van der Waals surface area contributed by atoms with E-state index in [-0.39, 0.29) is 16.8 Å². The van der Waals surface area contributed by atoms with Crippen molar-refractivity contribution in [1.29, 1.82) is 0 Å². The van der Waals surface area contributed by atoms with Crippen LogP contribution in [0.4, 0.5) is 4.39 Å². The smallest absolute Gasteiger partial charge is 0.188 e. The highest BCUT2D eigenvalue weighted by Crippen LogP contribution is 2.27. The fourth-order valence-electron chi connectivity index (χ4n) is 1.96. The van der Waals surface area contributed by atoms with Crippen LogP contribution in [0, 0.1) is 5.82 Å².